The van der Waals surface area contributed by atoms with Gasteiger partial charge < -0.3 is 16.0 Å². The number of allylic oxidation sites excluding steroid dienone is 1. The summed E-state index contributed by atoms with van der Waals surface area (Å²) < 4.78 is 13.2. The van der Waals surface area contributed by atoms with Crippen LogP contribution in [0.4, 0.5) is 4.39 Å². The predicted molar refractivity (Wildman–Crippen MR) is 106 cm³/mol. The summed E-state index contributed by atoms with van der Waals surface area (Å²) in [5, 5.41) is 14.4. The van der Waals surface area contributed by atoms with Crippen molar-refractivity contribution in [2.45, 2.75) is 25.4 Å². The predicted octanol–water partition coefficient (Wildman–Crippen LogP) is 3.93. The van der Waals surface area contributed by atoms with Gasteiger partial charge in [-0.2, -0.15) is 0 Å². The Hall–Kier alpha value is -3.21. The number of rotatable bonds is 8. The number of nitrogens with one attached hydrogen (secondary N) is 3. The van der Waals surface area contributed by atoms with Gasteiger partial charge in [-0.1, -0.05) is 30.8 Å². The molecule has 2 aromatic rings. The molecule has 0 saturated heterocycles. The topological polar surface area (TPSA) is 65.0 Å². The van der Waals surface area contributed by atoms with Crippen LogP contribution in [0.15, 0.2) is 67.4 Å². The number of carbonyl (C=O) groups is 1. The highest BCUT2D eigenvalue weighted by atomic mass is 19.1. The van der Waals surface area contributed by atoms with E-state index in [1.807, 2.05) is 18.2 Å². The Morgan fingerprint density at radius 1 is 1.19 bits per heavy atom. The molecule has 5 heteroatoms. The van der Waals surface area contributed by atoms with Gasteiger partial charge in [0.1, 0.15) is 5.82 Å². The van der Waals surface area contributed by atoms with Crippen molar-refractivity contribution in [3.8, 4) is 11.1 Å². The van der Waals surface area contributed by atoms with Crippen molar-refractivity contribution in [2.75, 3.05) is 0 Å². The largest absolute Gasteiger partial charge is 0.388 e. The Kier molecular flexibility index (Phi) is 5.81. The maximum absolute atomic E-state index is 13.2. The molecule has 0 aliphatic heterocycles. The minimum absolute atomic E-state index is 0.263. The highest BCUT2D eigenvalue weighted by Crippen LogP contribution is 2.24. The minimum atomic E-state index is -0.287. The second kappa shape index (κ2) is 8.45. The number of benzene rings is 2. The van der Waals surface area contributed by atoms with Gasteiger partial charge in [-0.3, -0.25) is 4.79 Å². The highest BCUT2D eigenvalue weighted by Gasteiger charge is 2.18. The Labute approximate surface area is 158 Å². The lowest BCUT2D eigenvalue weighted by atomic mass is 9.96. The fourth-order valence-corrected chi connectivity index (χ4v) is 2.67. The zero-order valence-corrected chi connectivity index (χ0v) is 15.0. The van der Waals surface area contributed by atoms with Gasteiger partial charge >= 0.3 is 0 Å². The molecule has 1 aliphatic carbocycles. The van der Waals surface area contributed by atoms with Crippen molar-refractivity contribution in [1.29, 1.82) is 5.41 Å². The minimum Gasteiger partial charge on any atom is -0.388 e. The summed E-state index contributed by atoms with van der Waals surface area (Å²) in [4.78, 5) is 11.5. The van der Waals surface area contributed by atoms with E-state index in [-0.39, 0.29) is 11.7 Å². The second-order valence-corrected chi connectivity index (χ2v) is 6.49. The van der Waals surface area contributed by atoms with Gasteiger partial charge in [-0.05, 0) is 66.1 Å². The van der Waals surface area contributed by atoms with E-state index in [0.717, 1.165) is 35.1 Å². The Balaban J connectivity index is 1.88. The van der Waals surface area contributed by atoms with E-state index >= 15 is 0 Å². The molecule has 0 spiro atoms. The molecule has 0 heterocycles. The van der Waals surface area contributed by atoms with Crippen LogP contribution in [0.3, 0.4) is 0 Å². The molecule has 138 valence electrons. The zero-order valence-electron chi connectivity index (χ0n) is 15.0. The second-order valence-electron chi connectivity index (χ2n) is 6.49. The first-order chi connectivity index (χ1) is 13.1. The van der Waals surface area contributed by atoms with Crippen LogP contribution in [0, 0.1) is 11.2 Å². The molecule has 27 heavy (non-hydrogen) atoms. The SMILES string of the molecule is C=CC(=O)NCc1ccc(-c2ccc(F)cc2)cc1C(=N)/C=C\NC1CC1. The average Bonchev–Trinajstić information content (AvgIpc) is 3.51. The molecule has 0 aromatic heterocycles. The molecule has 1 fully saturated rings. The summed E-state index contributed by atoms with van der Waals surface area (Å²) in [7, 11) is 0. The van der Waals surface area contributed by atoms with Crippen molar-refractivity contribution in [3.63, 3.8) is 0 Å². The van der Waals surface area contributed by atoms with Gasteiger partial charge in [0.05, 0.1) is 5.71 Å². The van der Waals surface area contributed by atoms with Gasteiger partial charge in [0.25, 0.3) is 0 Å². The Bertz CT molecular complexity index is 883. The van der Waals surface area contributed by atoms with Gasteiger partial charge in [0, 0.05) is 18.2 Å². The quantitative estimate of drug-likeness (QED) is 0.491. The van der Waals surface area contributed by atoms with Gasteiger partial charge in [0.2, 0.25) is 5.91 Å². The molecule has 3 N–H and O–H groups in total. The van der Waals surface area contributed by atoms with Crippen molar-refractivity contribution in [2.24, 2.45) is 0 Å². The van der Waals surface area contributed by atoms with E-state index in [9.17, 15) is 9.18 Å². The van der Waals surface area contributed by atoms with E-state index in [4.69, 9.17) is 5.41 Å². The molecule has 2 aromatic carbocycles. The number of amides is 1. The summed E-state index contributed by atoms with van der Waals surface area (Å²) in [6, 6.07) is 12.5. The van der Waals surface area contributed by atoms with Crippen LogP contribution in [0.2, 0.25) is 0 Å². The van der Waals surface area contributed by atoms with Crippen LogP contribution in [-0.2, 0) is 11.3 Å². The molecule has 1 aliphatic rings. The first-order valence-electron chi connectivity index (χ1n) is 8.87. The third-order valence-electron chi connectivity index (χ3n) is 4.38. The van der Waals surface area contributed by atoms with Crippen LogP contribution < -0.4 is 10.6 Å². The Morgan fingerprint density at radius 3 is 2.56 bits per heavy atom. The molecule has 1 saturated carbocycles. The lowest BCUT2D eigenvalue weighted by Crippen LogP contribution is -2.21. The van der Waals surface area contributed by atoms with Gasteiger partial charge in [-0.25, -0.2) is 4.39 Å². The molecule has 3 rings (SSSR count). The summed E-state index contributed by atoms with van der Waals surface area (Å²) in [6.07, 6.45) is 7.07. The third-order valence-corrected chi connectivity index (χ3v) is 4.38. The molecular weight excluding hydrogens is 341 g/mol. The third kappa shape index (κ3) is 5.14. The van der Waals surface area contributed by atoms with Crippen LogP contribution in [-0.4, -0.2) is 17.7 Å². The molecule has 0 unspecified atom stereocenters. The van der Waals surface area contributed by atoms with Gasteiger partial charge in [-0.15, -0.1) is 0 Å². The molecule has 1 amide bonds. The van der Waals surface area contributed by atoms with E-state index in [0.29, 0.717) is 18.3 Å². The van der Waals surface area contributed by atoms with E-state index < -0.39 is 0 Å². The number of carbonyl (C=O) groups excluding carboxylic acids is 1. The Morgan fingerprint density at radius 2 is 1.89 bits per heavy atom. The molecule has 0 atom stereocenters. The highest BCUT2D eigenvalue weighted by molar-refractivity contribution is 6.08. The number of halogens is 1. The van der Waals surface area contributed by atoms with Crippen LogP contribution in [0.5, 0.6) is 0 Å². The van der Waals surface area contributed by atoms with Crippen LogP contribution in [0.1, 0.15) is 24.0 Å². The zero-order chi connectivity index (χ0) is 19.2. The summed E-state index contributed by atoms with van der Waals surface area (Å²) >= 11 is 0. The monoisotopic (exact) mass is 363 g/mol. The number of hydrogen-bond acceptors (Lipinski definition) is 3. The molecule has 4 nitrogen and oxygen atoms in total. The maximum Gasteiger partial charge on any atom is 0.243 e. The van der Waals surface area contributed by atoms with Crippen molar-refractivity contribution < 1.29 is 9.18 Å². The maximum atomic E-state index is 13.2. The lowest BCUT2D eigenvalue weighted by Gasteiger charge is -2.12. The molecule has 0 radical (unpaired) electrons. The average molecular weight is 363 g/mol. The fraction of sp³-hybridized carbons (Fsp3) is 0.182. The van der Waals surface area contributed by atoms with Crippen molar-refractivity contribution >= 4 is 11.6 Å². The smallest absolute Gasteiger partial charge is 0.243 e. The normalized spacial score (nSPS) is 13.4. The van der Waals surface area contributed by atoms with Crippen molar-refractivity contribution in [3.05, 3.63) is 84.3 Å². The summed E-state index contributed by atoms with van der Waals surface area (Å²) in [5.74, 6) is -0.550. The van der Waals surface area contributed by atoms with E-state index in [2.05, 4.69) is 17.2 Å². The first kappa shape index (κ1) is 18.6. The summed E-state index contributed by atoms with van der Waals surface area (Å²) in [5.41, 5.74) is 3.64. The summed E-state index contributed by atoms with van der Waals surface area (Å²) in [6.45, 7) is 3.75. The van der Waals surface area contributed by atoms with Crippen LogP contribution >= 0.6 is 0 Å². The number of hydrogen-bond donors (Lipinski definition) is 3. The molecule has 0 bridgehead atoms. The van der Waals surface area contributed by atoms with Gasteiger partial charge in [0.15, 0.2) is 0 Å². The van der Waals surface area contributed by atoms with E-state index in [1.165, 1.54) is 18.2 Å². The van der Waals surface area contributed by atoms with Crippen molar-refractivity contribution in [1.82, 2.24) is 10.6 Å². The van der Waals surface area contributed by atoms with Crippen LogP contribution in [0.25, 0.3) is 11.1 Å². The molecular formula is C22H22FN3O. The lowest BCUT2D eigenvalue weighted by molar-refractivity contribution is -0.116. The first-order valence-corrected chi connectivity index (χ1v) is 8.87. The standard InChI is InChI=1S/C22H22FN3O/c1-2-22(27)26-14-17-4-3-16(15-5-7-18(23)8-6-15)13-20(17)21(24)11-12-25-19-9-10-19/h2-8,11-13,19,24-25H,1,9-10,14H2,(H,26,27)/b12-11-,24-21?. The fourth-order valence-electron chi connectivity index (χ4n) is 2.67. The van der Waals surface area contributed by atoms with E-state index in [1.54, 1.807) is 24.4 Å².